The molecule has 3 aromatic heterocycles. The number of pyridine rings is 1. The number of aryl methyl sites for hydroxylation is 2. The van der Waals surface area contributed by atoms with Gasteiger partial charge in [0.1, 0.15) is 22.2 Å². The van der Waals surface area contributed by atoms with Crippen LogP contribution in [0.25, 0.3) is 20.8 Å². The molecule has 34 heavy (non-hydrogen) atoms. The first kappa shape index (κ1) is 22.6. The molecule has 1 fully saturated rings. The van der Waals surface area contributed by atoms with E-state index in [4.69, 9.17) is 15.0 Å². The van der Waals surface area contributed by atoms with Crippen molar-refractivity contribution in [3.8, 4) is 10.6 Å². The number of aromatic nitrogens is 4. The van der Waals surface area contributed by atoms with Gasteiger partial charge in [-0.2, -0.15) is 4.98 Å². The maximum Gasteiger partial charge on any atom is 0.225 e. The van der Waals surface area contributed by atoms with Gasteiger partial charge in [-0.25, -0.2) is 14.4 Å². The quantitative estimate of drug-likeness (QED) is 0.340. The van der Waals surface area contributed by atoms with Crippen LogP contribution in [0.1, 0.15) is 36.1 Å². The van der Waals surface area contributed by atoms with Crippen molar-refractivity contribution in [2.75, 3.05) is 17.2 Å². The summed E-state index contributed by atoms with van der Waals surface area (Å²) in [6, 6.07) is 7.15. The van der Waals surface area contributed by atoms with E-state index in [9.17, 15) is 9.50 Å². The lowest BCUT2D eigenvalue weighted by atomic mass is 10.1. The number of hydrogen-bond acceptors (Lipinski definition) is 8. The van der Waals surface area contributed by atoms with Crippen molar-refractivity contribution in [3.05, 3.63) is 59.3 Å². The molecule has 0 amide bonds. The van der Waals surface area contributed by atoms with Gasteiger partial charge >= 0.3 is 0 Å². The average molecular weight is 479 g/mol. The number of anilines is 2. The van der Waals surface area contributed by atoms with Crippen molar-refractivity contribution in [2.24, 2.45) is 5.92 Å². The highest BCUT2D eigenvalue weighted by Crippen LogP contribution is 2.37. The summed E-state index contributed by atoms with van der Waals surface area (Å²) in [5, 5.41) is 17.3. The van der Waals surface area contributed by atoms with Crippen molar-refractivity contribution in [1.29, 1.82) is 0 Å². The molecule has 3 heterocycles. The van der Waals surface area contributed by atoms with Gasteiger partial charge in [0, 0.05) is 25.4 Å². The van der Waals surface area contributed by atoms with E-state index in [0.717, 1.165) is 62.7 Å². The van der Waals surface area contributed by atoms with E-state index >= 15 is 0 Å². The summed E-state index contributed by atoms with van der Waals surface area (Å²) in [7, 11) is 0. The molecular formula is C25H27FN6OS. The fraction of sp³-hybridized carbons (Fsp3) is 0.360. The molecule has 0 spiro atoms. The van der Waals surface area contributed by atoms with Crippen LogP contribution < -0.4 is 10.6 Å². The summed E-state index contributed by atoms with van der Waals surface area (Å²) in [5.74, 6) is 1.26. The number of thiazole rings is 1. The molecule has 2 atom stereocenters. The Labute approximate surface area is 201 Å². The smallest absolute Gasteiger partial charge is 0.225 e. The number of hydrogen-bond donors (Lipinski definition) is 3. The first-order chi connectivity index (χ1) is 16.5. The molecule has 2 unspecified atom stereocenters. The van der Waals surface area contributed by atoms with Crippen LogP contribution in [0, 0.1) is 25.6 Å². The Morgan fingerprint density at radius 2 is 2.03 bits per heavy atom. The van der Waals surface area contributed by atoms with Gasteiger partial charge in [-0.05, 0) is 68.4 Å². The molecule has 1 saturated carbocycles. The van der Waals surface area contributed by atoms with Gasteiger partial charge in [0.15, 0.2) is 0 Å². The number of fused-ring (bicyclic) bond motifs is 1. The molecule has 3 N–H and O–H groups in total. The van der Waals surface area contributed by atoms with E-state index in [1.54, 1.807) is 23.7 Å². The molecule has 0 saturated heterocycles. The average Bonchev–Trinajstić information content (AvgIpc) is 3.43. The molecule has 0 bridgehead atoms. The van der Waals surface area contributed by atoms with E-state index in [-0.39, 0.29) is 18.5 Å². The third-order valence-corrected chi connectivity index (χ3v) is 7.24. The summed E-state index contributed by atoms with van der Waals surface area (Å²) < 4.78 is 14.9. The minimum atomic E-state index is -0.253. The lowest BCUT2D eigenvalue weighted by molar-refractivity contribution is 0.229. The standard InChI is InChI=1S/C25H27FN6OS/c1-14-7-17(9-18(26)8-14)11-28-25-29-15(2)22(24-31-20-12-27-6-5-21(20)34-24)23(32-25)30-19-4-3-16(10-19)13-33/h5-9,12,16,19,33H,3-4,10-11,13H2,1-2H3,(H2,28,29,30,32). The second kappa shape index (κ2) is 9.60. The number of nitrogens with one attached hydrogen (secondary N) is 2. The molecule has 0 radical (unpaired) electrons. The van der Waals surface area contributed by atoms with Crippen LogP contribution in [0.5, 0.6) is 0 Å². The third kappa shape index (κ3) is 4.85. The maximum atomic E-state index is 13.8. The van der Waals surface area contributed by atoms with E-state index in [1.165, 1.54) is 12.1 Å². The second-order valence-electron chi connectivity index (χ2n) is 8.91. The van der Waals surface area contributed by atoms with Crippen molar-refractivity contribution >= 4 is 33.3 Å². The Balaban J connectivity index is 1.48. The van der Waals surface area contributed by atoms with Gasteiger partial charge < -0.3 is 15.7 Å². The van der Waals surface area contributed by atoms with Crippen LogP contribution in [0.2, 0.25) is 0 Å². The van der Waals surface area contributed by atoms with Crippen LogP contribution in [0.4, 0.5) is 16.2 Å². The lowest BCUT2D eigenvalue weighted by Crippen LogP contribution is -2.19. The molecular weight excluding hydrogens is 451 g/mol. The first-order valence-electron chi connectivity index (χ1n) is 11.5. The van der Waals surface area contributed by atoms with Crippen LogP contribution >= 0.6 is 11.3 Å². The topological polar surface area (TPSA) is 95.9 Å². The molecule has 5 rings (SSSR count). The Bertz CT molecular complexity index is 1270. The minimum Gasteiger partial charge on any atom is -0.396 e. The number of benzene rings is 1. The van der Waals surface area contributed by atoms with E-state index < -0.39 is 0 Å². The predicted octanol–water partition coefficient (Wildman–Crippen LogP) is 5.09. The highest BCUT2D eigenvalue weighted by molar-refractivity contribution is 7.21. The number of halogens is 1. The maximum absolute atomic E-state index is 13.8. The van der Waals surface area contributed by atoms with Crippen LogP contribution in [0.15, 0.2) is 36.7 Å². The van der Waals surface area contributed by atoms with E-state index in [2.05, 4.69) is 15.6 Å². The highest BCUT2D eigenvalue weighted by Gasteiger charge is 2.26. The normalized spacial score (nSPS) is 17.9. The molecule has 176 valence electrons. The zero-order valence-electron chi connectivity index (χ0n) is 19.2. The van der Waals surface area contributed by atoms with Crippen LogP contribution in [0.3, 0.4) is 0 Å². The summed E-state index contributed by atoms with van der Waals surface area (Å²) >= 11 is 1.59. The first-order valence-corrected chi connectivity index (χ1v) is 12.3. The SMILES string of the molecule is Cc1cc(F)cc(CNc2nc(C)c(-c3nc4cnccc4s3)c(NC3CCC(CO)C3)n2)c1. The van der Waals surface area contributed by atoms with Gasteiger partial charge in [-0.3, -0.25) is 4.98 Å². The second-order valence-corrected chi connectivity index (χ2v) is 9.94. The summed E-state index contributed by atoms with van der Waals surface area (Å²) in [6.45, 7) is 4.45. The zero-order chi connectivity index (χ0) is 23.7. The van der Waals surface area contributed by atoms with Crippen molar-refractivity contribution in [3.63, 3.8) is 0 Å². The van der Waals surface area contributed by atoms with Crippen molar-refractivity contribution < 1.29 is 9.50 Å². The highest BCUT2D eigenvalue weighted by atomic mass is 32.1. The van der Waals surface area contributed by atoms with E-state index in [0.29, 0.717) is 18.4 Å². The number of rotatable bonds is 7. The fourth-order valence-corrected chi connectivity index (χ4v) is 5.59. The molecule has 0 aliphatic heterocycles. The minimum absolute atomic E-state index is 0.207. The Hall–Kier alpha value is -3.17. The molecule has 7 nitrogen and oxygen atoms in total. The van der Waals surface area contributed by atoms with E-state index in [1.807, 2.05) is 26.0 Å². The predicted molar refractivity (Wildman–Crippen MR) is 133 cm³/mol. The number of aliphatic hydroxyl groups excluding tert-OH is 1. The molecule has 4 aromatic rings. The third-order valence-electron chi connectivity index (χ3n) is 6.19. The zero-order valence-corrected chi connectivity index (χ0v) is 20.0. The Morgan fingerprint density at radius 3 is 2.79 bits per heavy atom. The fourth-order valence-electron chi connectivity index (χ4n) is 4.56. The summed E-state index contributed by atoms with van der Waals surface area (Å²) in [5.41, 5.74) is 4.23. The monoisotopic (exact) mass is 478 g/mol. The molecule has 1 aliphatic carbocycles. The Kier molecular flexibility index (Phi) is 6.38. The Morgan fingerprint density at radius 1 is 1.15 bits per heavy atom. The van der Waals surface area contributed by atoms with Crippen LogP contribution in [-0.2, 0) is 6.54 Å². The number of nitrogens with zero attached hydrogens (tertiary/aromatic N) is 4. The summed E-state index contributed by atoms with van der Waals surface area (Å²) in [4.78, 5) is 18.5. The lowest BCUT2D eigenvalue weighted by Gasteiger charge is -2.18. The van der Waals surface area contributed by atoms with Crippen molar-refractivity contribution in [2.45, 2.75) is 45.7 Å². The summed E-state index contributed by atoms with van der Waals surface area (Å²) in [6.07, 6.45) is 6.39. The van der Waals surface area contributed by atoms with Gasteiger partial charge in [-0.15, -0.1) is 11.3 Å². The van der Waals surface area contributed by atoms with Gasteiger partial charge in [0.25, 0.3) is 0 Å². The molecule has 1 aromatic carbocycles. The van der Waals surface area contributed by atoms with Gasteiger partial charge in [0.2, 0.25) is 5.95 Å². The van der Waals surface area contributed by atoms with Gasteiger partial charge in [-0.1, -0.05) is 6.07 Å². The molecule has 1 aliphatic rings. The largest absolute Gasteiger partial charge is 0.396 e. The molecule has 9 heteroatoms. The van der Waals surface area contributed by atoms with Crippen molar-refractivity contribution in [1.82, 2.24) is 19.9 Å². The number of aliphatic hydroxyl groups is 1. The van der Waals surface area contributed by atoms with Crippen LogP contribution in [-0.4, -0.2) is 37.7 Å². The van der Waals surface area contributed by atoms with Gasteiger partial charge in [0.05, 0.1) is 22.2 Å².